The molecule has 0 bridgehead atoms. The van der Waals surface area contributed by atoms with Crippen molar-refractivity contribution in [2.45, 2.75) is 38.1 Å². The molecule has 5 nitrogen and oxygen atoms in total. The number of amides is 2. The molecule has 5 heteroatoms. The third-order valence-corrected chi connectivity index (χ3v) is 4.65. The Labute approximate surface area is 143 Å². The van der Waals surface area contributed by atoms with Crippen molar-refractivity contribution >= 4 is 6.03 Å². The molecule has 1 aliphatic rings. The number of urea groups is 1. The molecule has 1 N–H and O–H groups in total. The predicted molar refractivity (Wildman–Crippen MR) is 94.8 cm³/mol. The van der Waals surface area contributed by atoms with Gasteiger partial charge in [-0.2, -0.15) is 5.10 Å². The Kier molecular flexibility index (Phi) is 5.51. The molecule has 2 heterocycles. The summed E-state index contributed by atoms with van der Waals surface area (Å²) in [5.41, 5.74) is 2.45. The van der Waals surface area contributed by atoms with E-state index in [9.17, 15) is 4.79 Å². The minimum absolute atomic E-state index is 0.0690. The first-order valence-corrected chi connectivity index (χ1v) is 8.78. The molecule has 0 spiro atoms. The van der Waals surface area contributed by atoms with Crippen LogP contribution in [0.25, 0.3) is 0 Å². The van der Waals surface area contributed by atoms with E-state index in [-0.39, 0.29) is 6.03 Å². The Morgan fingerprint density at radius 1 is 1.25 bits per heavy atom. The Bertz CT molecular complexity index is 652. The van der Waals surface area contributed by atoms with Gasteiger partial charge in [-0.25, -0.2) is 4.79 Å². The average Bonchev–Trinajstić information content (AvgIpc) is 3.01. The lowest BCUT2D eigenvalue weighted by Gasteiger charge is -2.36. The maximum Gasteiger partial charge on any atom is 0.317 e. The molecule has 0 aliphatic carbocycles. The Balaban J connectivity index is 1.53. The van der Waals surface area contributed by atoms with Gasteiger partial charge in [0.15, 0.2) is 0 Å². The highest BCUT2D eigenvalue weighted by Crippen LogP contribution is 2.20. The second-order valence-corrected chi connectivity index (χ2v) is 6.54. The number of carbonyl (C=O) groups excluding carboxylic acids is 1. The van der Waals surface area contributed by atoms with E-state index < -0.39 is 0 Å². The van der Waals surface area contributed by atoms with E-state index in [4.69, 9.17) is 0 Å². The van der Waals surface area contributed by atoms with Crippen molar-refractivity contribution in [3.8, 4) is 0 Å². The summed E-state index contributed by atoms with van der Waals surface area (Å²) in [4.78, 5) is 14.6. The van der Waals surface area contributed by atoms with Crippen LogP contribution in [0.3, 0.4) is 0 Å². The molecule has 2 amide bonds. The number of piperidine rings is 1. The van der Waals surface area contributed by atoms with E-state index in [1.54, 1.807) is 4.68 Å². The third kappa shape index (κ3) is 4.37. The third-order valence-electron chi connectivity index (χ3n) is 4.65. The molecular formula is C19H26N4O. The number of carbonyl (C=O) groups is 1. The average molecular weight is 326 g/mol. The molecule has 1 aliphatic heterocycles. The highest BCUT2D eigenvalue weighted by Gasteiger charge is 2.26. The summed E-state index contributed by atoms with van der Waals surface area (Å²) in [6, 6.07) is 10.8. The van der Waals surface area contributed by atoms with Gasteiger partial charge in [0, 0.05) is 32.4 Å². The number of benzene rings is 1. The Hall–Kier alpha value is -2.30. The molecule has 1 unspecified atom stereocenters. The van der Waals surface area contributed by atoms with E-state index in [0.717, 1.165) is 37.8 Å². The van der Waals surface area contributed by atoms with Crippen LogP contribution in [0.1, 0.15) is 30.4 Å². The zero-order chi connectivity index (χ0) is 16.8. The second kappa shape index (κ2) is 7.99. The number of likely N-dealkylation sites (tertiary alicyclic amines) is 1. The van der Waals surface area contributed by atoms with E-state index in [1.165, 1.54) is 12.0 Å². The molecule has 3 rings (SSSR count). The fourth-order valence-corrected chi connectivity index (χ4v) is 3.38. The summed E-state index contributed by atoms with van der Waals surface area (Å²) >= 11 is 0. The molecule has 1 atom stereocenters. The lowest BCUT2D eigenvalue weighted by Crippen LogP contribution is -2.49. The second-order valence-electron chi connectivity index (χ2n) is 6.54. The van der Waals surface area contributed by atoms with Crippen molar-refractivity contribution in [2.75, 3.05) is 13.1 Å². The number of hydrogen-bond acceptors (Lipinski definition) is 2. The monoisotopic (exact) mass is 326 g/mol. The smallest absolute Gasteiger partial charge is 0.317 e. The number of rotatable bonds is 5. The van der Waals surface area contributed by atoms with Gasteiger partial charge >= 0.3 is 6.03 Å². The van der Waals surface area contributed by atoms with E-state index in [2.05, 4.69) is 34.7 Å². The summed E-state index contributed by atoms with van der Waals surface area (Å²) < 4.78 is 1.79. The van der Waals surface area contributed by atoms with E-state index in [0.29, 0.717) is 12.6 Å². The van der Waals surface area contributed by atoms with Crippen molar-refractivity contribution in [1.82, 2.24) is 20.0 Å². The first kappa shape index (κ1) is 16.6. The zero-order valence-electron chi connectivity index (χ0n) is 14.3. The van der Waals surface area contributed by atoms with E-state index >= 15 is 0 Å². The zero-order valence-corrected chi connectivity index (χ0v) is 14.3. The Morgan fingerprint density at radius 2 is 2.08 bits per heavy atom. The van der Waals surface area contributed by atoms with Gasteiger partial charge in [0.2, 0.25) is 0 Å². The number of nitrogens with one attached hydrogen (secondary N) is 1. The van der Waals surface area contributed by atoms with Gasteiger partial charge in [0.1, 0.15) is 0 Å². The molecule has 1 fully saturated rings. The van der Waals surface area contributed by atoms with Crippen LogP contribution in [-0.2, 0) is 19.9 Å². The molecule has 1 aromatic heterocycles. The predicted octanol–water partition coefficient (Wildman–Crippen LogP) is 2.77. The van der Waals surface area contributed by atoms with Gasteiger partial charge in [0.05, 0.1) is 6.20 Å². The van der Waals surface area contributed by atoms with E-state index in [1.807, 2.05) is 30.4 Å². The highest BCUT2D eigenvalue weighted by atomic mass is 16.2. The highest BCUT2D eigenvalue weighted by molar-refractivity contribution is 5.74. The normalized spacial score (nSPS) is 17.7. The molecule has 1 aromatic carbocycles. The van der Waals surface area contributed by atoms with Gasteiger partial charge in [-0.05, 0) is 43.2 Å². The van der Waals surface area contributed by atoms with Gasteiger partial charge in [-0.1, -0.05) is 30.3 Å². The summed E-state index contributed by atoms with van der Waals surface area (Å²) in [5.74, 6) is 0. The van der Waals surface area contributed by atoms with Crippen molar-refractivity contribution in [1.29, 1.82) is 0 Å². The molecule has 24 heavy (non-hydrogen) atoms. The number of hydrogen-bond donors (Lipinski definition) is 1. The van der Waals surface area contributed by atoms with Crippen molar-refractivity contribution < 1.29 is 4.79 Å². The van der Waals surface area contributed by atoms with Crippen LogP contribution in [0, 0.1) is 0 Å². The molecule has 1 saturated heterocycles. The lowest BCUT2D eigenvalue weighted by atomic mass is 9.96. The van der Waals surface area contributed by atoms with Crippen LogP contribution in [0.4, 0.5) is 4.79 Å². The summed E-state index contributed by atoms with van der Waals surface area (Å²) in [5, 5.41) is 7.23. The number of aromatic nitrogens is 2. The standard InChI is InChI=1S/C19H26N4O/c1-22-15-17(14-21-22)10-11-20-19(24)23-12-6-5-9-18(23)13-16-7-3-2-4-8-16/h2-4,7-8,14-15,18H,5-6,9-13H2,1H3,(H,20,24). The topological polar surface area (TPSA) is 50.2 Å². The van der Waals surface area contributed by atoms with Gasteiger partial charge < -0.3 is 10.2 Å². The maximum absolute atomic E-state index is 12.6. The van der Waals surface area contributed by atoms with Crippen LogP contribution >= 0.6 is 0 Å². The number of aryl methyl sites for hydroxylation is 1. The molecule has 0 radical (unpaired) electrons. The van der Waals surface area contributed by atoms with Crippen molar-refractivity contribution in [3.63, 3.8) is 0 Å². The van der Waals surface area contributed by atoms with Crippen LogP contribution in [0.15, 0.2) is 42.7 Å². The largest absolute Gasteiger partial charge is 0.338 e. The van der Waals surface area contributed by atoms with Crippen LogP contribution in [-0.4, -0.2) is 39.8 Å². The minimum Gasteiger partial charge on any atom is -0.338 e. The quantitative estimate of drug-likeness (QED) is 0.918. The maximum atomic E-state index is 12.6. The Morgan fingerprint density at radius 3 is 2.83 bits per heavy atom. The summed E-state index contributed by atoms with van der Waals surface area (Å²) in [6.45, 7) is 1.51. The van der Waals surface area contributed by atoms with Crippen molar-refractivity contribution in [3.05, 3.63) is 53.9 Å². The SMILES string of the molecule is Cn1cc(CCNC(=O)N2CCCCC2Cc2ccccc2)cn1. The summed E-state index contributed by atoms with van der Waals surface area (Å²) in [7, 11) is 1.91. The fraction of sp³-hybridized carbons (Fsp3) is 0.474. The molecular weight excluding hydrogens is 300 g/mol. The lowest BCUT2D eigenvalue weighted by molar-refractivity contribution is 0.151. The van der Waals surface area contributed by atoms with Crippen LogP contribution in [0.2, 0.25) is 0 Å². The van der Waals surface area contributed by atoms with Gasteiger partial charge in [-0.15, -0.1) is 0 Å². The minimum atomic E-state index is 0.0690. The fourth-order valence-electron chi connectivity index (χ4n) is 3.38. The van der Waals surface area contributed by atoms with Crippen molar-refractivity contribution in [2.24, 2.45) is 7.05 Å². The van der Waals surface area contributed by atoms with Crippen LogP contribution in [0.5, 0.6) is 0 Å². The van der Waals surface area contributed by atoms with Gasteiger partial charge in [-0.3, -0.25) is 4.68 Å². The van der Waals surface area contributed by atoms with Gasteiger partial charge in [0.25, 0.3) is 0 Å². The summed E-state index contributed by atoms with van der Waals surface area (Å²) in [6.07, 6.45) is 8.99. The van der Waals surface area contributed by atoms with Crippen LogP contribution < -0.4 is 5.32 Å². The molecule has 0 saturated carbocycles. The number of nitrogens with zero attached hydrogens (tertiary/aromatic N) is 3. The molecule has 2 aromatic rings. The first-order valence-electron chi connectivity index (χ1n) is 8.78. The first-order chi connectivity index (χ1) is 11.7. The molecule has 128 valence electrons.